The zero-order valence-electron chi connectivity index (χ0n) is 14.8. The van der Waals surface area contributed by atoms with Gasteiger partial charge in [0.25, 0.3) is 5.56 Å². The van der Waals surface area contributed by atoms with E-state index >= 15 is 0 Å². The molecule has 0 unspecified atom stereocenters. The molecule has 1 saturated heterocycles. The van der Waals surface area contributed by atoms with Crippen molar-refractivity contribution in [3.8, 4) is 0 Å². The molecular weight excluding hydrogens is 301 g/mol. The molecule has 0 radical (unpaired) electrons. The standard InChI is InChI=1S/C19H24BNO3/c1-18(2)19(3,4)24-20(23-18)15-7-8-16-14(11-15)9-10-21(17(16)22)12-13-5-6-13/h7-11,13H,5-6,12H2,1-4H3. The van der Waals surface area contributed by atoms with E-state index < -0.39 is 7.12 Å². The number of rotatable bonds is 3. The van der Waals surface area contributed by atoms with Gasteiger partial charge in [-0.3, -0.25) is 4.79 Å². The summed E-state index contributed by atoms with van der Waals surface area (Å²) in [6.07, 6.45) is 4.40. The summed E-state index contributed by atoms with van der Waals surface area (Å²) in [5, 5.41) is 1.71. The van der Waals surface area contributed by atoms with Crippen molar-refractivity contribution in [1.82, 2.24) is 4.57 Å². The highest BCUT2D eigenvalue weighted by Crippen LogP contribution is 2.36. The van der Waals surface area contributed by atoms with Crippen molar-refractivity contribution < 1.29 is 9.31 Å². The number of hydrogen-bond acceptors (Lipinski definition) is 3. The zero-order valence-corrected chi connectivity index (χ0v) is 14.8. The first kappa shape index (κ1) is 15.9. The van der Waals surface area contributed by atoms with Crippen LogP contribution in [-0.4, -0.2) is 22.9 Å². The van der Waals surface area contributed by atoms with Gasteiger partial charge in [-0.15, -0.1) is 0 Å². The lowest BCUT2D eigenvalue weighted by Crippen LogP contribution is -2.41. The predicted octanol–water partition coefficient (Wildman–Crippen LogP) is 2.71. The first-order valence-electron chi connectivity index (χ1n) is 8.76. The van der Waals surface area contributed by atoms with Crippen molar-refractivity contribution in [2.24, 2.45) is 5.92 Å². The van der Waals surface area contributed by atoms with Crippen LogP contribution in [0.5, 0.6) is 0 Å². The summed E-state index contributed by atoms with van der Waals surface area (Å²) >= 11 is 0. The van der Waals surface area contributed by atoms with Crippen molar-refractivity contribution in [3.05, 3.63) is 40.8 Å². The van der Waals surface area contributed by atoms with E-state index in [9.17, 15) is 4.79 Å². The Morgan fingerprint density at radius 1 is 1.12 bits per heavy atom. The van der Waals surface area contributed by atoms with E-state index in [1.165, 1.54) is 12.8 Å². The molecule has 126 valence electrons. The Hall–Kier alpha value is -1.59. The SMILES string of the molecule is CC1(C)OB(c2ccc3c(=O)n(CC4CC4)ccc3c2)OC1(C)C. The maximum atomic E-state index is 12.6. The molecule has 4 rings (SSSR count). The number of hydrogen-bond donors (Lipinski definition) is 0. The lowest BCUT2D eigenvalue weighted by molar-refractivity contribution is 0.00578. The van der Waals surface area contributed by atoms with Gasteiger partial charge in [0.1, 0.15) is 0 Å². The largest absolute Gasteiger partial charge is 0.494 e. The predicted molar refractivity (Wildman–Crippen MR) is 96.6 cm³/mol. The highest BCUT2D eigenvalue weighted by molar-refractivity contribution is 6.62. The van der Waals surface area contributed by atoms with Crippen LogP contribution in [0.2, 0.25) is 0 Å². The van der Waals surface area contributed by atoms with Gasteiger partial charge in [0.15, 0.2) is 0 Å². The highest BCUT2D eigenvalue weighted by Gasteiger charge is 2.51. The fourth-order valence-electron chi connectivity index (χ4n) is 3.15. The summed E-state index contributed by atoms with van der Waals surface area (Å²) < 4.78 is 14.1. The number of pyridine rings is 1. The van der Waals surface area contributed by atoms with Gasteiger partial charge in [0.2, 0.25) is 0 Å². The summed E-state index contributed by atoms with van der Waals surface area (Å²) in [6, 6.07) is 7.89. The number of benzene rings is 1. The Morgan fingerprint density at radius 3 is 2.42 bits per heavy atom. The molecule has 2 aliphatic rings. The highest BCUT2D eigenvalue weighted by atomic mass is 16.7. The van der Waals surface area contributed by atoms with Crippen LogP contribution < -0.4 is 11.0 Å². The second-order valence-corrected chi connectivity index (χ2v) is 8.15. The van der Waals surface area contributed by atoms with Crippen molar-refractivity contribution >= 4 is 23.4 Å². The lowest BCUT2D eigenvalue weighted by atomic mass is 9.78. The Labute approximate surface area is 142 Å². The molecule has 0 bridgehead atoms. The van der Waals surface area contributed by atoms with Gasteiger partial charge in [-0.25, -0.2) is 0 Å². The Morgan fingerprint density at radius 2 is 1.79 bits per heavy atom. The van der Waals surface area contributed by atoms with Crippen LogP contribution in [0.15, 0.2) is 35.3 Å². The summed E-state index contributed by atoms with van der Waals surface area (Å²) in [6.45, 7) is 9.03. The van der Waals surface area contributed by atoms with E-state index in [0.717, 1.165) is 22.8 Å². The van der Waals surface area contributed by atoms with E-state index in [0.29, 0.717) is 5.92 Å². The first-order valence-corrected chi connectivity index (χ1v) is 8.76. The van der Waals surface area contributed by atoms with Crippen LogP contribution in [0.3, 0.4) is 0 Å². The van der Waals surface area contributed by atoms with Gasteiger partial charge in [0.05, 0.1) is 11.2 Å². The molecule has 2 aromatic rings. The third kappa shape index (κ3) is 2.60. The molecule has 0 amide bonds. The average Bonchev–Trinajstić information content (AvgIpc) is 3.29. The normalized spacial score (nSPS) is 22.2. The van der Waals surface area contributed by atoms with Crippen molar-refractivity contribution in [2.45, 2.75) is 58.3 Å². The van der Waals surface area contributed by atoms with Gasteiger partial charge < -0.3 is 13.9 Å². The van der Waals surface area contributed by atoms with Crippen molar-refractivity contribution in [2.75, 3.05) is 0 Å². The molecule has 2 heterocycles. The van der Waals surface area contributed by atoms with E-state index in [4.69, 9.17) is 9.31 Å². The topological polar surface area (TPSA) is 40.5 Å². The summed E-state index contributed by atoms with van der Waals surface area (Å²) in [5.41, 5.74) is 0.334. The fraction of sp³-hybridized carbons (Fsp3) is 0.526. The minimum absolute atomic E-state index is 0.0971. The molecule has 0 atom stereocenters. The van der Waals surface area contributed by atoms with Crippen LogP contribution >= 0.6 is 0 Å². The molecule has 0 N–H and O–H groups in total. The molecule has 2 fully saturated rings. The molecule has 1 aliphatic carbocycles. The quantitative estimate of drug-likeness (QED) is 0.815. The van der Waals surface area contributed by atoms with E-state index in [1.54, 1.807) is 0 Å². The van der Waals surface area contributed by atoms with Crippen LogP contribution in [0.25, 0.3) is 10.8 Å². The Kier molecular flexibility index (Phi) is 3.45. The zero-order chi connectivity index (χ0) is 17.1. The van der Waals surface area contributed by atoms with E-state index in [2.05, 4.69) is 0 Å². The molecular formula is C19H24BNO3. The minimum atomic E-state index is -0.395. The number of aromatic nitrogens is 1. The number of nitrogens with zero attached hydrogens (tertiary/aromatic N) is 1. The van der Waals surface area contributed by atoms with Crippen LogP contribution in [-0.2, 0) is 15.9 Å². The maximum absolute atomic E-state index is 12.6. The molecule has 1 saturated carbocycles. The summed E-state index contributed by atoms with van der Waals surface area (Å²) in [4.78, 5) is 12.6. The molecule has 1 aliphatic heterocycles. The summed E-state index contributed by atoms with van der Waals surface area (Å²) in [5.74, 6) is 0.684. The number of fused-ring (bicyclic) bond motifs is 1. The van der Waals surface area contributed by atoms with Gasteiger partial charge in [-0.1, -0.05) is 12.1 Å². The monoisotopic (exact) mass is 325 g/mol. The average molecular weight is 325 g/mol. The second-order valence-electron chi connectivity index (χ2n) is 8.15. The van der Waals surface area contributed by atoms with Gasteiger partial charge in [-0.05, 0) is 69.4 Å². The van der Waals surface area contributed by atoms with Gasteiger partial charge >= 0.3 is 7.12 Å². The lowest BCUT2D eigenvalue weighted by Gasteiger charge is -2.32. The van der Waals surface area contributed by atoms with E-state index in [1.807, 2.05) is 62.7 Å². The van der Waals surface area contributed by atoms with Gasteiger partial charge in [-0.2, -0.15) is 0 Å². The molecule has 0 spiro atoms. The van der Waals surface area contributed by atoms with Crippen LogP contribution in [0, 0.1) is 5.92 Å². The Bertz CT molecular complexity index is 835. The third-order valence-electron chi connectivity index (χ3n) is 5.68. The second kappa shape index (κ2) is 5.20. The molecule has 24 heavy (non-hydrogen) atoms. The first-order chi connectivity index (χ1) is 11.3. The van der Waals surface area contributed by atoms with Crippen LogP contribution in [0.4, 0.5) is 0 Å². The van der Waals surface area contributed by atoms with Crippen molar-refractivity contribution in [1.29, 1.82) is 0 Å². The molecule has 5 heteroatoms. The fourth-order valence-corrected chi connectivity index (χ4v) is 3.15. The van der Waals surface area contributed by atoms with Gasteiger partial charge in [0, 0.05) is 18.1 Å². The molecule has 4 nitrogen and oxygen atoms in total. The minimum Gasteiger partial charge on any atom is -0.399 e. The Balaban J connectivity index is 1.68. The smallest absolute Gasteiger partial charge is 0.399 e. The van der Waals surface area contributed by atoms with Crippen molar-refractivity contribution in [3.63, 3.8) is 0 Å². The van der Waals surface area contributed by atoms with E-state index in [-0.39, 0.29) is 16.8 Å². The molecule has 1 aromatic carbocycles. The third-order valence-corrected chi connectivity index (χ3v) is 5.68. The maximum Gasteiger partial charge on any atom is 0.494 e. The molecule has 1 aromatic heterocycles. The van der Waals surface area contributed by atoms with Crippen LogP contribution in [0.1, 0.15) is 40.5 Å². The summed E-state index contributed by atoms with van der Waals surface area (Å²) in [7, 11) is -0.395.